The normalized spacial score (nSPS) is 27.8. The smallest absolute Gasteiger partial charge is 0.260 e. The lowest BCUT2D eigenvalue weighted by Crippen LogP contribution is -2.27. The lowest BCUT2D eigenvalue weighted by Gasteiger charge is -2.17. The summed E-state index contributed by atoms with van der Waals surface area (Å²) in [6, 6.07) is 5.37. The first-order chi connectivity index (χ1) is 6.94. The van der Waals surface area contributed by atoms with E-state index in [1.165, 1.54) is 0 Å². The molecule has 1 unspecified atom stereocenters. The standard InChI is InChI=1S/C11H12BrF2N/c1-7-8(3-2-4-9(7)12)10(6-15)5-11(10,13)14/h2-4H,5-6,15H2,1H3. The van der Waals surface area contributed by atoms with Crippen molar-refractivity contribution >= 4 is 15.9 Å². The topological polar surface area (TPSA) is 26.0 Å². The fraction of sp³-hybridized carbons (Fsp3) is 0.455. The minimum atomic E-state index is -2.65. The molecule has 0 spiro atoms. The summed E-state index contributed by atoms with van der Waals surface area (Å²) in [6.45, 7) is 1.84. The summed E-state index contributed by atoms with van der Waals surface area (Å²) in [7, 11) is 0. The van der Waals surface area contributed by atoms with E-state index >= 15 is 0 Å². The SMILES string of the molecule is Cc1c(Br)cccc1C1(CN)CC1(F)F. The Morgan fingerprint density at radius 2 is 2.07 bits per heavy atom. The molecule has 1 saturated carbocycles. The van der Waals surface area contributed by atoms with E-state index in [0.717, 1.165) is 10.0 Å². The quantitative estimate of drug-likeness (QED) is 0.882. The average molecular weight is 276 g/mol. The van der Waals surface area contributed by atoms with Crippen LogP contribution in [0.5, 0.6) is 0 Å². The molecule has 2 rings (SSSR count). The van der Waals surface area contributed by atoms with Crippen molar-refractivity contribution < 1.29 is 8.78 Å². The zero-order valence-electron chi connectivity index (χ0n) is 8.36. The van der Waals surface area contributed by atoms with Gasteiger partial charge in [-0.2, -0.15) is 0 Å². The molecular formula is C11H12BrF2N. The second-order valence-corrected chi connectivity index (χ2v) is 4.93. The molecule has 1 aliphatic carbocycles. The number of halogens is 3. The van der Waals surface area contributed by atoms with E-state index in [2.05, 4.69) is 15.9 Å². The van der Waals surface area contributed by atoms with Crippen LogP contribution in [-0.4, -0.2) is 12.5 Å². The number of benzene rings is 1. The molecular weight excluding hydrogens is 264 g/mol. The first-order valence-corrected chi connectivity index (χ1v) is 5.57. The van der Waals surface area contributed by atoms with Gasteiger partial charge in [-0.15, -0.1) is 0 Å². The van der Waals surface area contributed by atoms with Gasteiger partial charge in [-0.3, -0.25) is 0 Å². The third-order valence-corrected chi connectivity index (χ3v) is 4.09. The highest BCUT2D eigenvalue weighted by atomic mass is 79.9. The Morgan fingerprint density at radius 1 is 1.47 bits per heavy atom. The second kappa shape index (κ2) is 3.25. The highest BCUT2D eigenvalue weighted by Gasteiger charge is 2.71. The van der Waals surface area contributed by atoms with Gasteiger partial charge in [-0.05, 0) is 24.1 Å². The number of hydrogen-bond donors (Lipinski definition) is 1. The molecule has 0 radical (unpaired) electrons. The van der Waals surface area contributed by atoms with Crippen molar-refractivity contribution in [3.05, 3.63) is 33.8 Å². The molecule has 15 heavy (non-hydrogen) atoms. The highest BCUT2D eigenvalue weighted by Crippen LogP contribution is 2.61. The summed E-state index contributed by atoms with van der Waals surface area (Å²) < 4.78 is 27.6. The third-order valence-electron chi connectivity index (χ3n) is 3.23. The maximum Gasteiger partial charge on any atom is 0.260 e. The monoisotopic (exact) mass is 275 g/mol. The van der Waals surface area contributed by atoms with Crippen LogP contribution in [0, 0.1) is 6.92 Å². The molecule has 1 aliphatic rings. The Labute approximate surface area is 95.8 Å². The van der Waals surface area contributed by atoms with Crippen molar-refractivity contribution in [1.29, 1.82) is 0 Å². The predicted molar refractivity (Wildman–Crippen MR) is 59.2 cm³/mol. The van der Waals surface area contributed by atoms with Gasteiger partial charge in [-0.25, -0.2) is 8.78 Å². The van der Waals surface area contributed by atoms with Crippen molar-refractivity contribution in [1.82, 2.24) is 0 Å². The van der Waals surface area contributed by atoms with E-state index < -0.39 is 11.3 Å². The summed E-state index contributed by atoms with van der Waals surface area (Å²) in [5, 5.41) is 0. The number of hydrogen-bond acceptors (Lipinski definition) is 1. The molecule has 4 heteroatoms. The first kappa shape index (κ1) is 11.0. The molecule has 82 valence electrons. The Balaban J connectivity index is 2.51. The van der Waals surface area contributed by atoms with Gasteiger partial charge in [0.05, 0.1) is 5.41 Å². The fourth-order valence-corrected chi connectivity index (χ4v) is 2.45. The van der Waals surface area contributed by atoms with Crippen LogP contribution in [0.3, 0.4) is 0 Å². The van der Waals surface area contributed by atoms with Crippen LogP contribution in [0.4, 0.5) is 8.78 Å². The van der Waals surface area contributed by atoms with E-state index in [9.17, 15) is 8.78 Å². The maximum absolute atomic E-state index is 13.4. The molecule has 1 aromatic rings. The van der Waals surface area contributed by atoms with Crippen LogP contribution < -0.4 is 5.73 Å². The van der Waals surface area contributed by atoms with Gasteiger partial charge in [-0.1, -0.05) is 28.1 Å². The third kappa shape index (κ3) is 1.42. The van der Waals surface area contributed by atoms with Gasteiger partial charge in [0.2, 0.25) is 0 Å². The van der Waals surface area contributed by atoms with E-state index in [1.807, 2.05) is 13.0 Å². The second-order valence-electron chi connectivity index (χ2n) is 4.08. The zero-order chi connectivity index (χ0) is 11.3. The summed E-state index contributed by atoms with van der Waals surface area (Å²) in [4.78, 5) is 0. The number of alkyl halides is 2. The zero-order valence-corrected chi connectivity index (χ0v) is 9.94. The predicted octanol–water partition coefficient (Wildman–Crippen LogP) is 2.99. The highest BCUT2D eigenvalue weighted by molar-refractivity contribution is 9.10. The van der Waals surface area contributed by atoms with Crippen LogP contribution in [0.2, 0.25) is 0 Å². The van der Waals surface area contributed by atoms with Crippen LogP contribution in [0.1, 0.15) is 17.5 Å². The Morgan fingerprint density at radius 3 is 2.53 bits per heavy atom. The van der Waals surface area contributed by atoms with Gasteiger partial charge < -0.3 is 5.73 Å². The molecule has 0 saturated heterocycles. The first-order valence-electron chi connectivity index (χ1n) is 4.78. The largest absolute Gasteiger partial charge is 0.329 e. The van der Waals surface area contributed by atoms with Crippen molar-refractivity contribution in [2.24, 2.45) is 5.73 Å². The van der Waals surface area contributed by atoms with Crippen LogP contribution in [0.25, 0.3) is 0 Å². The Bertz CT molecular complexity index is 406. The molecule has 0 heterocycles. The summed E-state index contributed by atoms with van der Waals surface area (Å²) >= 11 is 3.35. The Kier molecular flexibility index (Phi) is 2.39. The van der Waals surface area contributed by atoms with Crippen LogP contribution >= 0.6 is 15.9 Å². The fourth-order valence-electron chi connectivity index (χ4n) is 2.08. The number of nitrogens with two attached hydrogens (primary N) is 1. The summed E-state index contributed by atoms with van der Waals surface area (Å²) in [6.07, 6.45) is -0.131. The van der Waals surface area contributed by atoms with Crippen molar-refractivity contribution in [2.75, 3.05) is 6.54 Å². The number of rotatable bonds is 2. The molecule has 0 aliphatic heterocycles. The van der Waals surface area contributed by atoms with E-state index in [-0.39, 0.29) is 13.0 Å². The molecule has 1 fully saturated rings. The van der Waals surface area contributed by atoms with Crippen LogP contribution in [-0.2, 0) is 5.41 Å². The molecule has 1 atom stereocenters. The van der Waals surface area contributed by atoms with Gasteiger partial charge in [0.25, 0.3) is 5.92 Å². The summed E-state index contributed by atoms with van der Waals surface area (Å²) in [5.41, 5.74) is 5.91. The molecule has 0 amide bonds. The lowest BCUT2D eigenvalue weighted by molar-refractivity contribution is 0.0894. The van der Waals surface area contributed by atoms with Gasteiger partial charge in [0.1, 0.15) is 0 Å². The molecule has 2 N–H and O–H groups in total. The van der Waals surface area contributed by atoms with Crippen molar-refractivity contribution in [3.63, 3.8) is 0 Å². The van der Waals surface area contributed by atoms with E-state index in [1.54, 1.807) is 12.1 Å². The summed E-state index contributed by atoms with van der Waals surface area (Å²) in [5.74, 6) is -2.65. The van der Waals surface area contributed by atoms with E-state index in [4.69, 9.17) is 5.73 Å². The minimum absolute atomic E-state index is 0.00269. The Hall–Kier alpha value is -0.480. The van der Waals surface area contributed by atoms with Crippen molar-refractivity contribution in [3.8, 4) is 0 Å². The average Bonchev–Trinajstić information content (AvgIpc) is 2.74. The lowest BCUT2D eigenvalue weighted by atomic mass is 9.91. The molecule has 0 aromatic heterocycles. The van der Waals surface area contributed by atoms with Gasteiger partial charge in [0, 0.05) is 17.4 Å². The molecule has 1 nitrogen and oxygen atoms in total. The molecule has 1 aromatic carbocycles. The maximum atomic E-state index is 13.4. The van der Waals surface area contributed by atoms with Crippen molar-refractivity contribution in [2.45, 2.75) is 24.7 Å². The van der Waals surface area contributed by atoms with Gasteiger partial charge >= 0.3 is 0 Å². The minimum Gasteiger partial charge on any atom is -0.329 e. The van der Waals surface area contributed by atoms with Gasteiger partial charge in [0.15, 0.2) is 0 Å². The van der Waals surface area contributed by atoms with E-state index in [0.29, 0.717) is 5.56 Å². The van der Waals surface area contributed by atoms with Crippen LogP contribution in [0.15, 0.2) is 22.7 Å². The molecule has 0 bridgehead atoms.